The van der Waals surface area contributed by atoms with Gasteiger partial charge in [-0.3, -0.25) is 14.4 Å². The molecule has 2 aliphatic heterocycles. The smallest absolute Gasteiger partial charge is 0.263 e. The molecular formula is C19H26N4O3. The highest BCUT2D eigenvalue weighted by molar-refractivity contribution is 5.93. The van der Waals surface area contributed by atoms with Gasteiger partial charge in [0.15, 0.2) is 0 Å². The molecule has 2 amide bonds. The van der Waals surface area contributed by atoms with E-state index >= 15 is 0 Å². The molecule has 0 unspecified atom stereocenters. The number of nitrogens with zero attached hydrogens (tertiary/aromatic N) is 3. The molecule has 140 valence electrons. The lowest BCUT2D eigenvalue weighted by molar-refractivity contribution is -0.138. The molecule has 4 rings (SSSR count). The summed E-state index contributed by atoms with van der Waals surface area (Å²) in [5.41, 5.74) is -0.238. The summed E-state index contributed by atoms with van der Waals surface area (Å²) in [4.78, 5) is 48.1. The van der Waals surface area contributed by atoms with Crippen LogP contribution in [0.5, 0.6) is 0 Å². The van der Waals surface area contributed by atoms with E-state index < -0.39 is 0 Å². The van der Waals surface area contributed by atoms with Crippen LogP contribution in [0.25, 0.3) is 0 Å². The summed E-state index contributed by atoms with van der Waals surface area (Å²) in [5, 5.41) is 0. The van der Waals surface area contributed by atoms with Gasteiger partial charge in [0.2, 0.25) is 5.91 Å². The van der Waals surface area contributed by atoms with Crippen molar-refractivity contribution in [2.24, 2.45) is 5.41 Å². The molecule has 3 fully saturated rings. The first-order valence-corrected chi connectivity index (χ1v) is 9.68. The first-order chi connectivity index (χ1) is 12.5. The SMILES string of the molecule is CCN1C[C@]2(CCCN(C(=O)c3cnc(C4CC4)[nH]c3=O)C2)CCC1=O. The van der Waals surface area contributed by atoms with Crippen molar-refractivity contribution in [3.05, 3.63) is 27.9 Å². The second kappa shape index (κ2) is 6.52. The molecule has 3 aliphatic rings. The van der Waals surface area contributed by atoms with E-state index in [1.165, 1.54) is 6.20 Å². The molecule has 26 heavy (non-hydrogen) atoms. The van der Waals surface area contributed by atoms with E-state index in [-0.39, 0.29) is 28.4 Å². The van der Waals surface area contributed by atoms with Crippen LogP contribution in [0.3, 0.4) is 0 Å². The van der Waals surface area contributed by atoms with Crippen LogP contribution in [-0.2, 0) is 4.79 Å². The maximum atomic E-state index is 12.9. The maximum absolute atomic E-state index is 12.9. The lowest BCUT2D eigenvalue weighted by Crippen LogP contribution is -2.55. The fraction of sp³-hybridized carbons (Fsp3) is 0.684. The Morgan fingerprint density at radius 3 is 2.81 bits per heavy atom. The number of H-pyrrole nitrogens is 1. The third-order valence-electron chi connectivity index (χ3n) is 6.09. The van der Waals surface area contributed by atoms with Crippen LogP contribution in [0.4, 0.5) is 0 Å². The molecule has 1 spiro atoms. The Morgan fingerprint density at radius 2 is 2.12 bits per heavy atom. The highest BCUT2D eigenvalue weighted by atomic mass is 16.2. The zero-order valence-corrected chi connectivity index (χ0v) is 15.3. The number of aromatic nitrogens is 2. The highest BCUT2D eigenvalue weighted by Crippen LogP contribution is 2.39. The first-order valence-electron chi connectivity index (χ1n) is 9.68. The lowest BCUT2D eigenvalue weighted by atomic mass is 9.73. The van der Waals surface area contributed by atoms with Crippen LogP contribution in [0, 0.1) is 5.41 Å². The van der Waals surface area contributed by atoms with Gasteiger partial charge < -0.3 is 14.8 Å². The average Bonchev–Trinajstić information content (AvgIpc) is 3.49. The van der Waals surface area contributed by atoms with Crippen molar-refractivity contribution in [3.8, 4) is 0 Å². The minimum atomic E-state index is -0.333. The summed E-state index contributed by atoms with van der Waals surface area (Å²) >= 11 is 0. The maximum Gasteiger partial charge on any atom is 0.263 e. The van der Waals surface area contributed by atoms with Crippen molar-refractivity contribution >= 4 is 11.8 Å². The number of carbonyl (C=O) groups excluding carboxylic acids is 2. The molecule has 0 bridgehead atoms. The Labute approximate surface area is 152 Å². The van der Waals surface area contributed by atoms with Crippen molar-refractivity contribution < 1.29 is 9.59 Å². The van der Waals surface area contributed by atoms with Crippen LogP contribution >= 0.6 is 0 Å². The quantitative estimate of drug-likeness (QED) is 0.887. The minimum absolute atomic E-state index is 0.0357. The number of nitrogens with one attached hydrogen (secondary N) is 1. The van der Waals surface area contributed by atoms with E-state index in [1.807, 2.05) is 11.8 Å². The largest absolute Gasteiger partial charge is 0.342 e. The molecule has 2 saturated heterocycles. The van der Waals surface area contributed by atoms with Crippen molar-refractivity contribution in [1.82, 2.24) is 19.8 Å². The molecule has 3 heterocycles. The first kappa shape index (κ1) is 17.2. The molecule has 1 saturated carbocycles. The van der Waals surface area contributed by atoms with Crippen molar-refractivity contribution in [3.63, 3.8) is 0 Å². The van der Waals surface area contributed by atoms with E-state index in [4.69, 9.17) is 0 Å². The Bertz CT molecular complexity index is 785. The van der Waals surface area contributed by atoms with Gasteiger partial charge in [-0.15, -0.1) is 0 Å². The van der Waals surface area contributed by atoms with Gasteiger partial charge in [0, 0.05) is 50.1 Å². The zero-order valence-electron chi connectivity index (χ0n) is 15.3. The third-order valence-corrected chi connectivity index (χ3v) is 6.09. The summed E-state index contributed by atoms with van der Waals surface area (Å²) in [7, 11) is 0. The summed E-state index contributed by atoms with van der Waals surface area (Å²) in [6.45, 7) is 4.68. The van der Waals surface area contributed by atoms with Crippen LogP contribution < -0.4 is 5.56 Å². The number of piperidine rings is 2. The van der Waals surface area contributed by atoms with E-state index in [9.17, 15) is 14.4 Å². The molecule has 1 aromatic heterocycles. The van der Waals surface area contributed by atoms with Crippen molar-refractivity contribution in [2.45, 2.75) is 51.4 Å². The number of aromatic amines is 1. The standard InChI is InChI=1S/C19H26N4O3/c1-2-22-11-19(8-6-15(22)24)7-3-9-23(12-19)18(26)14-10-20-16(13-4-5-13)21-17(14)25/h10,13H,2-9,11-12H2,1H3,(H,20,21,25)/t19-/m0/s1. The number of hydrogen-bond donors (Lipinski definition) is 1. The van der Waals surface area contributed by atoms with Gasteiger partial charge in [0.1, 0.15) is 11.4 Å². The number of rotatable bonds is 3. The predicted octanol–water partition coefficient (Wildman–Crippen LogP) is 1.51. The van der Waals surface area contributed by atoms with Gasteiger partial charge in [-0.1, -0.05) is 0 Å². The zero-order chi connectivity index (χ0) is 18.3. The second-order valence-electron chi connectivity index (χ2n) is 8.02. The molecule has 7 nitrogen and oxygen atoms in total. The monoisotopic (exact) mass is 358 g/mol. The molecule has 1 N–H and O–H groups in total. The van der Waals surface area contributed by atoms with Crippen LogP contribution in [0.2, 0.25) is 0 Å². The second-order valence-corrected chi connectivity index (χ2v) is 8.02. The predicted molar refractivity (Wildman–Crippen MR) is 95.9 cm³/mol. The molecule has 0 radical (unpaired) electrons. The lowest BCUT2D eigenvalue weighted by Gasteiger charge is -2.48. The van der Waals surface area contributed by atoms with Crippen molar-refractivity contribution in [1.29, 1.82) is 0 Å². The number of likely N-dealkylation sites (tertiary alicyclic amines) is 2. The summed E-state index contributed by atoms with van der Waals surface area (Å²) < 4.78 is 0. The average molecular weight is 358 g/mol. The summed E-state index contributed by atoms with van der Waals surface area (Å²) in [6.07, 6.45) is 6.85. The summed E-state index contributed by atoms with van der Waals surface area (Å²) in [5.74, 6) is 1.02. The number of carbonyl (C=O) groups is 2. The van der Waals surface area contributed by atoms with Gasteiger partial charge in [-0.25, -0.2) is 4.98 Å². The Balaban J connectivity index is 1.51. The number of amides is 2. The van der Waals surface area contributed by atoms with E-state index in [2.05, 4.69) is 9.97 Å². The normalized spacial score (nSPS) is 26.4. The van der Waals surface area contributed by atoms with Crippen LogP contribution in [-0.4, -0.2) is 57.8 Å². The molecule has 1 aromatic rings. The summed E-state index contributed by atoms with van der Waals surface area (Å²) in [6, 6.07) is 0. The van der Waals surface area contributed by atoms with Gasteiger partial charge in [0.25, 0.3) is 11.5 Å². The number of hydrogen-bond acceptors (Lipinski definition) is 4. The van der Waals surface area contributed by atoms with Crippen LogP contribution in [0.15, 0.2) is 11.0 Å². The molecule has 1 aliphatic carbocycles. The van der Waals surface area contributed by atoms with Gasteiger partial charge in [-0.2, -0.15) is 0 Å². The Hall–Kier alpha value is -2.18. The fourth-order valence-corrected chi connectivity index (χ4v) is 4.40. The molecule has 7 heteroatoms. The van der Waals surface area contributed by atoms with Gasteiger partial charge in [0.05, 0.1) is 0 Å². The Kier molecular flexibility index (Phi) is 4.32. The van der Waals surface area contributed by atoms with E-state index in [1.54, 1.807) is 4.90 Å². The third kappa shape index (κ3) is 3.15. The molecule has 1 atom stereocenters. The Morgan fingerprint density at radius 1 is 1.31 bits per heavy atom. The minimum Gasteiger partial charge on any atom is -0.342 e. The van der Waals surface area contributed by atoms with E-state index in [0.717, 1.165) is 32.1 Å². The molecular weight excluding hydrogens is 332 g/mol. The van der Waals surface area contributed by atoms with E-state index in [0.29, 0.717) is 44.3 Å². The highest BCUT2D eigenvalue weighted by Gasteiger charge is 2.42. The topological polar surface area (TPSA) is 86.4 Å². The van der Waals surface area contributed by atoms with Gasteiger partial charge in [-0.05, 0) is 39.0 Å². The van der Waals surface area contributed by atoms with Crippen LogP contribution in [0.1, 0.15) is 67.5 Å². The molecule has 0 aromatic carbocycles. The van der Waals surface area contributed by atoms with Gasteiger partial charge >= 0.3 is 0 Å². The fourth-order valence-electron chi connectivity index (χ4n) is 4.40. The van der Waals surface area contributed by atoms with Crippen molar-refractivity contribution in [2.75, 3.05) is 26.2 Å².